The Morgan fingerprint density at radius 1 is 1.18 bits per heavy atom. The molecule has 3 heteroatoms. The highest BCUT2D eigenvalue weighted by Gasteiger charge is 2.15. The molecule has 0 aliphatic carbocycles. The van der Waals surface area contributed by atoms with Crippen LogP contribution in [0.4, 0.5) is 0 Å². The Kier molecular flexibility index (Phi) is 3.12. The monoisotopic (exact) mass is 230 g/mol. The van der Waals surface area contributed by atoms with Gasteiger partial charge in [0.2, 0.25) is 0 Å². The summed E-state index contributed by atoms with van der Waals surface area (Å²) in [6.07, 6.45) is 3.75. The van der Waals surface area contributed by atoms with Crippen LogP contribution < -0.4 is 0 Å². The third-order valence-electron chi connectivity index (χ3n) is 3.77. The summed E-state index contributed by atoms with van der Waals surface area (Å²) >= 11 is 0. The first-order valence-electron chi connectivity index (χ1n) is 6.57. The van der Waals surface area contributed by atoms with Crippen molar-refractivity contribution in [1.29, 1.82) is 0 Å². The van der Waals surface area contributed by atoms with Gasteiger partial charge in [0.1, 0.15) is 0 Å². The zero-order valence-corrected chi connectivity index (χ0v) is 10.4. The van der Waals surface area contributed by atoms with Gasteiger partial charge in [-0.2, -0.15) is 0 Å². The van der Waals surface area contributed by atoms with E-state index in [0.717, 1.165) is 26.1 Å². The number of hydrogen-bond donors (Lipinski definition) is 0. The van der Waals surface area contributed by atoms with Gasteiger partial charge in [0.25, 0.3) is 0 Å². The molecule has 1 fully saturated rings. The van der Waals surface area contributed by atoms with Crippen LogP contribution >= 0.6 is 0 Å². The zero-order chi connectivity index (χ0) is 11.7. The second-order valence-corrected chi connectivity index (χ2v) is 5.19. The molecule has 3 rings (SSSR count). The molecule has 0 bridgehead atoms. The Balaban J connectivity index is 1.74. The van der Waals surface area contributed by atoms with Gasteiger partial charge in [0.15, 0.2) is 0 Å². The Hall–Kier alpha value is -0.930. The second kappa shape index (κ2) is 4.75. The molecule has 92 valence electrons. The Morgan fingerprint density at radius 3 is 2.82 bits per heavy atom. The van der Waals surface area contributed by atoms with E-state index < -0.39 is 0 Å². The molecule has 2 aliphatic rings. The van der Waals surface area contributed by atoms with Crippen LogP contribution in [0.3, 0.4) is 0 Å². The second-order valence-electron chi connectivity index (χ2n) is 5.19. The van der Waals surface area contributed by atoms with Gasteiger partial charge in [-0.05, 0) is 50.7 Å². The van der Waals surface area contributed by atoms with Crippen molar-refractivity contribution in [3.05, 3.63) is 36.1 Å². The lowest BCUT2D eigenvalue weighted by atomic mass is 10.1. The summed E-state index contributed by atoms with van der Waals surface area (Å²) in [7, 11) is 4.00. The maximum absolute atomic E-state index is 4.82. The fourth-order valence-corrected chi connectivity index (χ4v) is 2.78. The smallest absolute Gasteiger partial charge is 0.0547 e. The van der Waals surface area contributed by atoms with Crippen molar-refractivity contribution in [2.24, 2.45) is 0 Å². The van der Waals surface area contributed by atoms with E-state index in [-0.39, 0.29) is 0 Å². The fraction of sp³-hybridized carbons (Fsp3) is 0.571. The van der Waals surface area contributed by atoms with E-state index in [4.69, 9.17) is 4.98 Å². The average Bonchev–Trinajstić information content (AvgIpc) is 2.82. The van der Waals surface area contributed by atoms with E-state index in [1.807, 2.05) is 0 Å². The van der Waals surface area contributed by atoms with Crippen molar-refractivity contribution in [3.63, 3.8) is 0 Å². The van der Waals surface area contributed by atoms with Crippen LogP contribution in [0, 0.1) is 7.05 Å². The summed E-state index contributed by atoms with van der Waals surface area (Å²) in [6, 6.07) is 4.43. The number of likely N-dealkylation sites (tertiary alicyclic amines) is 1. The zero-order valence-electron chi connectivity index (χ0n) is 10.4. The number of aromatic nitrogens is 1. The summed E-state index contributed by atoms with van der Waals surface area (Å²) < 4.78 is 0. The van der Waals surface area contributed by atoms with E-state index in [2.05, 4.69) is 29.0 Å². The normalized spacial score (nSPS) is 21.7. The molecule has 0 saturated carbocycles. The molecule has 0 spiro atoms. The van der Waals surface area contributed by atoms with Gasteiger partial charge in [-0.25, -0.2) is 0 Å². The number of rotatable bonds is 2. The molecule has 0 radical (unpaired) electrons. The highest BCUT2D eigenvalue weighted by Crippen LogP contribution is 2.18. The van der Waals surface area contributed by atoms with Crippen LogP contribution in [0.25, 0.3) is 0 Å². The number of pyridine rings is 1. The topological polar surface area (TPSA) is 19.4 Å². The van der Waals surface area contributed by atoms with Crippen LogP contribution in [0.15, 0.2) is 12.1 Å². The summed E-state index contributed by atoms with van der Waals surface area (Å²) in [5, 5.41) is 0. The highest BCUT2D eigenvalue weighted by molar-refractivity contribution is 5.25. The minimum Gasteiger partial charge on any atom is -0.455 e. The molecule has 1 saturated heterocycles. The van der Waals surface area contributed by atoms with Crippen LogP contribution in [0.5, 0.6) is 0 Å². The van der Waals surface area contributed by atoms with Gasteiger partial charge in [-0.1, -0.05) is 6.07 Å². The average molecular weight is 230 g/mol. The molecule has 0 N–H and O–H groups in total. The number of fused-ring (bicyclic) bond motifs is 1. The standard InChI is InChI=1S/C14H20N3/c1-16-9-6-14-12(10-16)4-5-13(15-14)11-17-7-2-3-8-17/h4-5H,1-3,6-11H2/q-1. The molecule has 0 amide bonds. The van der Waals surface area contributed by atoms with Crippen LogP contribution in [-0.2, 0) is 19.5 Å². The molecule has 17 heavy (non-hydrogen) atoms. The van der Waals surface area contributed by atoms with Gasteiger partial charge in [0.05, 0.1) is 5.69 Å². The first-order chi connectivity index (χ1) is 8.31. The van der Waals surface area contributed by atoms with Crippen LogP contribution in [-0.4, -0.2) is 34.4 Å². The number of hydrogen-bond acceptors (Lipinski definition) is 3. The van der Waals surface area contributed by atoms with Gasteiger partial charge < -0.3 is 4.90 Å². The van der Waals surface area contributed by atoms with Gasteiger partial charge in [-0.15, -0.1) is 0 Å². The molecule has 3 heterocycles. The van der Waals surface area contributed by atoms with Gasteiger partial charge in [0, 0.05) is 18.7 Å². The van der Waals surface area contributed by atoms with E-state index in [0.29, 0.717) is 0 Å². The van der Waals surface area contributed by atoms with Crippen molar-refractivity contribution in [3.8, 4) is 0 Å². The minimum absolute atomic E-state index is 0.951. The highest BCUT2D eigenvalue weighted by atomic mass is 15.1. The van der Waals surface area contributed by atoms with E-state index in [9.17, 15) is 0 Å². The maximum Gasteiger partial charge on any atom is 0.0547 e. The summed E-state index contributed by atoms with van der Waals surface area (Å²) in [6.45, 7) is 5.50. The Bertz CT molecular complexity index is 396. The lowest BCUT2D eigenvalue weighted by Crippen LogP contribution is -2.26. The predicted molar refractivity (Wildman–Crippen MR) is 68.2 cm³/mol. The Morgan fingerprint density at radius 2 is 2.00 bits per heavy atom. The molecule has 0 unspecified atom stereocenters. The van der Waals surface area contributed by atoms with Crippen LogP contribution in [0.2, 0.25) is 0 Å². The molecular weight excluding hydrogens is 210 g/mol. The SMILES string of the molecule is [CH2-]N1CCc2nc(CN3CCCC3)ccc2C1. The molecule has 1 aromatic heterocycles. The van der Waals surface area contributed by atoms with Gasteiger partial charge in [-0.3, -0.25) is 16.9 Å². The van der Waals surface area contributed by atoms with Crippen LogP contribution in [0.1, 0.15) is 29.8 Å². The molecule has 2 aliphatic heterocycles. The predicted octanol–water partition coefficient (Wildman–Crippen LogP) is 1.83. The quantitative estimate of drug-likeness (QED) is 0.723. The van der Waals surface area contributed by atoms with E-state index in [1.54, 1.807) is 0 Å². The summed E-state index contributed by atoms with van der Waals surface area (Å²) in [5.41, 5.74) is 3.89. The molecule has 0 atom stereocenters. The van der Waals surface area contributed by atoms with Crippen molar-refractivity contribution in [2.45, 2.75) is 32.4 Å². The van der Waals surface area contributed by atoms with Gasteiger partial charge >= 0.3 is 0 Å². The third-order valence-corrected chi connectivity index (χ3v) is 3.77. The summed E-state index contributed by atoms with van der Waals surface area (Å²) in [5.74, 6) is 0. The Labute approximate surface area is 103 Å². The van der Waals surface area contributed by atoms with E-state index in [1.165, 1.54) is 42.9 Å². The molecule has 0 aromatic carbocycles. The van der Waals surface area contributed by atoms with Crippen molar-refractivity contribution in [1.82, 2.24) is 14.8 Å². The maximum atomic E-state index is 4.82. The lowest BCUT2D eigenvalue weighted by molar-refractivity contribution is 0.322. The van der Waals surface area contributed by atoms with Crippen molar-refractivity contribution >= 4 is 0 Å². The fourth-order valence-electron chi connectivity index (χ4n) is 2.78. The van der Waals surface area contributed by atoms with Crippen molar-refractivity contribution in [2.75, 3.05) is 19.6 Å². The molecule has 1 aromatic rings. The first-order valence-corrected chi connectivity index (χ1v) is 6.57. The molecule has 3 nitrogen and oxygen atoms in total. The van der Waals surface area contributed by atoms with Crippen molar-refractivity contribution < 1.29 is 0 Å². The van der Waals surface area contributed by atoms with E-state index >= 15 is 0 Å². The largest absolute Gasteiger partial charge is 0.455 e. The third kappa shape index (κ3) is 2.50. The summed E-state index contributed by atoms with van der Waals surface area (Å²) in [4.78, 5) is 9.44. The molecular formula is C14H20N3-. The number of nitrogens with zero attached hydrogens (tertiary/aromatic N) is 3. The lowest BCUT2D eigenvalue weighted by Gasteiger charge is -2.31. The minimum atomic E-state index is 0.951. The first kappa shape index (κ1) is 11.2.